The van der Waals surface area contributed by atoms with Crippen molar-refractivity contribution in [3.8, 4) is 0 Å². The maximum absolute atomic E-state index is 12.1. The minimum absolute atomic E-state index is 0.249. The van der Waals surface area contributed by atoms with Gasteiger partial charge in [0.15, 0.2) is 5.69 Å². The monoisotopic (exact) mass is 305 g/mol. The summed E-state index contributed by atoms with van der Waals surface area (Å²) in [6, 6.07) is 1.60. The van der Waals surface area contributed by atoms with E-state index in [4.69, 9.17) is 0 Å². The van der Waals surface area contributed by atoms with E-state index in [0.717, 1.165) is 36.1 Å². The van der Waals surface area contributed by atoms with Crippen molar-refractivity contribution in [3.63, 3.8) is 0 Å². The van der Waals surface area contributed by atoms with Crippen LogP contribution in [0.2, 0.25) is 0 Å². The molecule has 2 N–H and O–H groups in total. The van der Waals surface area contributed by atoms with E-state index in [-0.39, 0.29) is 17.2 Å². The molecule has 1 aliphatic carbocycles. The number of nitrogens with zero attached hydrogens (tertiary/aromatic N) is 2. The van der Waals surface area contributed by atoms with Crippen LogP contribution in [0, 0.1) is 0 Å². The zero-order valence-electron chi connectivity index (χ0n) is 11.5. The first-order valence-corrected chi connectivity index (χ1v) is 7.56. The van der Waals surface area contributed by atoms with Gasteiger partial charge in [-0.15, -0.1) is 11.3 Å². The molecule has 0 aromatic carbocycles. The Morgan fingerprint density at radius 3 is 2.81 bits per heavy atom. The van der Waals surface area contributed by atoms with E-state index in [1.54, 1.807) is 19.3 Å². The van der Waals surface area contributed by atoms with Crippen molar-refractivity contribution in [1.82, 2.24) is 9.78 Å². The Labute approximate surface area is 125 Å². The number of thiophene rings is 1. The van der Waals surface area contributed by atoms with Crippen LogP contribution in [0.25, 0.3) is 0 Å². The van der Waals surface area contributed by atoms with Crippen LogP contribution in [0.1, 0.15) is 44.1 Å². The van der Waals surface area contributed by atoms with Crippen molar-refractivity contribution in [1.29, 1.82) is 0 Å². The summed E-state index contributed by atoms with van der Waals surface area (Å²) in [5.74, 6) is -1.36. The van der Waals surface area contributed by atoms with E-state index in [9.17, 15) is 14.7 Å². The maximum Gasteiger partial charge on any atom is 0.339 e. The van der Waals surface area contributed by atoms with Gasteiger partial charge in [-0.2, -0.15) is 5.10 Å². The average molecular weight is 305 g/mol. The molecule has 0 bridgehead atoms. The molecule has 0 spiro atoms. The third-order valence-electron chi connectivity index (χ3n) is 3.56. The summed E-state index contributed by atoms with van der Waals surface area (Å²) in [5, 5.41) is 16.6. The zero-order valence-corrected chi connectivity index (χ0v) is 12.4. The highest BCUT2D eigenvalue weighted by Gasteiger charge is 2.26. The SMILES string of the molecule is Cn1ccc(C(=O)Nc2sc3c(c2C(=O)O)CCCC3)n1. The predicted molar refractivity (Wildman–Crippen MR) is 79.1 cm³/mol. The number of carbonyl (C=O) groups excluding carboxylic acids is 1. The number of hydrogen-bond acceptors (Lipinski definition) is 4. The molecule has 0 aliphatic heterocycles. The number of carboxylic acids is 1. The molecule has 2 aromatic rings. The van der Waals surface area contributed by atoms with Crippen LogP contribution in [0.5, 0.6) is 0 Å². The second-order valence-corrected chi connectivity index (χ2v) is 6.15. The van der Waals surface area contributed by atoms with Gasteiger partial charge < -0.3 is 10.4 Å². The molecule has 2 heterocycles. The van der Waals surface area contributed by atoms with Crippen LogP contribution in [0.15, 0.2) is 12.3 Å². The highest BCUT2D eigenvalue weighted by Crippen LogP contribution is 2.38. The number of nitrogens with one attached hydrogen (secondary N) is 1. The first kappa shape index (κ1) is 13.8. The second-order valence-electron chi connectivity index (χ2n) is 5.05. The molecule has 0 atom stereocenters. The lowest BCUT2D eigenvalue weighted by atomic mass is 9.95. The number of rotatable bonds is 3. The van der Waals surface area contributed by atoms with Crippen molar-refractivity contribution < 1.29 is 14.7 Å². The number of carbonyl (C=O) groups is 2. The first-order chi connectivity index (χ1) is 10.1. The summed E-state index contributed by atoms with van der Waals surface area (Å²) in [6.45, 7) is 0. The number of aromatic nitrogens is 2. The fourth-order valence-corrected chi connectivity index (χ4v) is 3.86. The van der Waals surface area contributed by atoms with Crippen LogP contribution >= 0.6 is 11.3 Å². The number of carboxylic acid groups (broad SMARTS) is 1. The zero-order chi connectivity index (χ0) is 15.0. The number of aromatic carboxylic acids is 1. The Hall–Kier alpha value is -2.15. The van der Waals surface area contributed by atoms with E-state index in [2.05, 4.69) is 10.4 Å². The lowest BCUT2D eigenvalue weighted by Crippen LogP contribution is -2.15. The third-order valence-corrected chi connectivity index (χ3v) is 4.77. The number of amides is 1. The highest BCUT2D eigenvalue weighted by molar-refractivity contribution is 7.17. The smallest absolute Gasteiger partial charge is 0.339 e. The van der Waals surface area contributed by atoms with Crippen LogP contribution in [-0.4, -0.2) is 26.8 Å². The van der Waals surface area contributed by atoms with Gasteiger partial charge in [-0.25, -0.2) is 4.79 Å². The number of fused-ring (bicyclic) bond motifs is 1. The Balaban J connectivity index is 1.93. The second kappa shape index (κ2) is 5.33. The standard InChI is InChI=1S/C14H15N3O3S/c1-17-7-6-9(16-17)12(18)15-13-11(14(19)20)8-4-2-3-5-10(8)21-13/h6-7H,2-5H2,1H3,(H,15,18)(H,19,20). The Morgan fingerprint density at radius 1 is 1.38 bits per heavy atom. The fraction of sp³-hybridized carbons (Fsp3) is 0.357. The third kappa shape index (κ3) is 2.56. The summed E-state index contributed by atoms with van der Waals surface area (Å²) in [4.78, 5) is 24.7. The van der Waals surface area contributed by atoms with Crippen molar-refractivity contribution in [2.75, 3.05) is 5.32 Å². The largest absolute Gasteiger partial charge is 0.478 e. The molecule has 3 rings (SSSR count). The van der Waals surface area contributed by atoms with Gasteiger partial charge in [-0.05, 0) is 37.3 Å². The van der Waals surface area contributed by atoms with Gasteiger partial charge in [0.25, 0.3) is 5.91 Å². The molecule has 0 radical (unpaired) electrons. The summed E-state index contributed by atoms with van der Waals surface area (Å²) in [7, 11) is 1.73. The van der Waals surface area contributed by atoms with Gasteiger partial charge in [0.2, 0.25) is 0 Å². The van der Waals surface area contributed by atoms with Gasteiger partial charge in [0.05, 0.1) is 5.56 Å². The van der Waals surface area contributed by atoms with Crippen molar-refractivity contribution >= 4 is 28.2 Å². The van der Waals surface area contributed by atoms with E-state index >= 15 is 0 Å². The van der Waals surface area contributed by atoms with E-state index < -0.39 is 5.97 Å². The molecule has 0 unspecified atom stereocenters. The lowest BCUT2D eigenvalue weighted by molar-refractivity contribution is 0.0697. The molecule has 0 fully saturated rings. The van der Waals surface area contributed by atoms with Gasteiger partial charge in [0, 0.05) is 18.1 Å². The molecule has 1 amide bonds. The van der Waals surface area contributed by atoms with Crippen molar-refractivity contribution in [2.24, 2.45) is 7.05 Å². The Morgan fingerprint density at radius 2 is 2.14 bits per heavy atom. The van der Waals surface area contributed by atoms with Crippen LogP contribution in [-0.2, 0) is 19.9 Å². The summed E-state index contributed by atoms with van der Waals surface area (Å²) < 4.78 is 1.53. The lowest BCUT2D eigenvalue weighted by Gasteiger charge is -2.10. The number of aryl methyl sites for hydroxylation is 2. The quantitative estimate of drug-likeness (QED) is 0.911. The molecule has 0 saturated carbocycles. The van der Waals surface area contributed by atoms with Crippen LogP contribution < -0.4 is 5.32 Å². The summed E-state index contributed by atoms with van der Waals surface area (Å²) in [5.41, 5.74) is 1.41. The molecule has 110 valence electrons. The number of anilines is 1. The minimum Gasteiger partial charge on any atom is -0.478 e. The molecule has 2 aromatic heterocycles. The van der Waals surface area contributed by atoms with Crippen molar-refractivity contribution in [2.45, 2.75) is 25.7 Å². The van der Waals surface area contributed by atoms with Crippen LogP contribution in [0.3, 0.4) is 0 Å². The molecule has 21 heavy (non-hydrogen) atoms. The first-order valence-electron chi connectivity index (χ1n) is 6.75. The predicted octanol–water partition coefficient (Wildman–Crippen LogP) is 2.31. The van der Waals surface area contributed by atoms with Crippen LogP contribution in [0.4, 0.5) is 5.00 Å². The van der Waals surface area contributed by atoms with Gasteiger partial charge >= 0.3 is 5.97 Å². The topological polar surface area (TPSA) is 84.2 Å². The molecular formula is C14H15N3O3S. The average Bonchev–Trinajstić information content (AvgIpc) is 3.01. The van der Waals surface area contributed by atoms with Gasteiger partial charge in [-0.1, -0.05) is 0 Å². The number of hydrogen-bond donors (Lipinski definition) is 2. The van der Waals surface area contributed by atoms with Gasteiger partial charge in [-0.3, -0.25) is 9.48 Å². The molecule has 6 nitrogen and oxygen atoms in total. The van der Waals surface area contributed by atoms with E-state index in [0.29, 0.717) is 5.00 Å². The highest BCUT2D eigenvalue weighted by atomic mass is 32.1. The van der Waals surface area contributed by atoms with Crippen molar-refractivity contribution in [3.05, 3.63) is 34.0 Å². The Bertz CT molecular complexity index is 717. The minimum atomic E-state index is -0.981. The van der Waals surface area contributed by atoms with E-state index in [1.165, 1.54) is 16.0 Å². The van der Waals surface area contributed by atoms with Gasteiger partial charge in [0.1, 0.15) is 5.00 Å². The fourth-order valence-electron chi connectivity index (χ4n) is 2.58. The summed E-state index contributed by atoms with van der Waals surface area (Å²) in [6.07, 6.45) is 5.40. The Kier molecular flexibility index (Phi) is 3.50. The molecule has 0 saturated heterocycles. The molecule has 1 aliphatic rings. The molecular weight excluding hydrogens is 290 g/mol. The summed E-state index contributed by atoms with van der Waals surface area (Å²) >= 11 is 1.37. The molecule has 7 heteroatoms. The maximum atomic E-state index is 12.1. The van der Waals surface area contributed by atoms with E-state index in [1.807, 2.05) is 0 Å². The normalized spacial score (nSPS) is 13.8.